The molecule has 0 aliphatic heterocycles. The molecule has 3 aromatic rings. The third kappa shape index (κ3) is 4.64. The van der Waals surface area contributed by atoms with Gasteiger partial charge in [-0.1, -0.05) is 12.1 Å². The number of benzene rings is 2. The minimum atomic E-state index is -0.297. The highest BCUT2D eigenvalue weighted by atomic mass is 16.5. The van der Waals surface area contributed by atoms with Gasteiger partial charge in [0.25, 0.3) is 5.91 Å². The highest BCUT2D eigenvalue weighted by Crippen LogP contribution is 2.22. The van der Waals surface area contributed by atoms with Gasteiger partial charge in [0, 0.05) is 42.3 Å². The summed E-state index contributed by atoms with van der Waals surface area (Å²) >= 11 is 0. The molecule has 7 nitrogen and oxygen atoms in total. The van der Waals surface area contributed by atoms with Crippen molar-refractivity contribution in [3.8, 4) is 11.6 Å². The number of rotatable bonds is 5. The largest absolute Gasteiger partial charge is 0.437 e. The number of ether oxygens (including phenoxy) is 1. The summed E-state index contributed by atoms with van der Waals surface area (Å²) in [6, 6.07) is 13.6. The molecule has 2 aromatic carbocycles. The van der Waals surface area contributed by atoms with E-state index in [-0.39, 0.29) is 11.8 Å². The summed E-state index contributed by atoms with van der Waals surface area (Å²) in [5.41, 5.74) is 1.56. The molecule has 0 saturated heterocycles. The van der Waals surface area contributed by atoms with E-state index in [9.17, 15) is 9.59 Å². The van der Waals surface area contributed by atoms with Crippen LogP contribution in [0.1, 0.15) is 17.3 Å². The molecule has 3 rings (SSSR count). The zero-order chi connectivity index (χ0) is 18.4. The summed E-state index contributed by atoms with van der Waals surface area (Å²) in [7, 11) is 0. The molecule has 0 bridgehead atoms. The fraction of sp³-hybridized carbons (Fsp3) is 0.0526. The lowest BCUT2D eigenvalue weighted by Gasteiger charge is -2.09. The Morgan fingerprint density at radius 3 is 2.46 bits per heavy atom. The number of carbonyl (C=O) groups excluding carboxylic acids is 2. The fourth-order valence-corrected chi connectivity index (χ4v) is 2.24. The zero-order valence-corrected chi connectivity index (χ0v) is 14.0. The van der Waals surface area contributed by atoms with E-state index >= 15 is 0 Å². The van der Waals surface area contributed by atoms with Crippen LogP contribution in [0.4, 0.5) is 11.4 Å². The minimum Gasteiger partial charge on any atom is -0.437 e. The van der Waals surface area contributed by atoms with Gasteiger partial charge in [0.1, 0.15) is 5.75 Å². The van der Waals surface area contributed by atoms with Crippen LogP contribution >= 0.6 is 0 Å². The van der Waals surface area contributed by atoms with Crippen molar-refractivity contribution in [2.75, 3.05) is 10.6 Å². The third-order valence-corrected chi connectivity index (χ3v) is 3.30. The maximum atomic E-state index is 12.4. The molecule has 2 N–H and O–H groups in total. The number of amides is 2. The summed E-state index contributed by atoms with van der Waals surface area (Å²) in [5.74, 6) is 0.388. The Bertz CT molecular complexity index is 929. The molecule has 0 radical (unpaired) electrons. The van der Waals surface area contributed by atoms with Crippen molar-refractivity contribution in [1.82, 2.24) is 9.97 Å². The average Bonchev–Trinajstić information content (AvgIpc) is 2.62. The number of nitrogens with zero attached hydrogens (tertiary/aromatic N) is 2. The molecule has 0 aliphatic rings. The first kappa shape index (κ1) is 17.1. The van der Waals surface area contributed by atoms with Crippen molar-refractivity contribution in [2.24, 2.45) is 0 Å². The topological polar surface area (TPSA) is 93.2 Å². The zero-order valence-electron chi connectivity index (χ0n) is 14.0. The number of hydrogen-bond acceptors (Lipinski definition) is 5. The summed E-state index contributed by atoms with van der Waals surface area (Å²) in [6.45, 7) is 1.41. The van der Waals surface area contributed by atoms with Crippen LogP contribution in [-0.2, 0) is 4.79 Å². The predicted octanol–water partition coefficient (Wildman–Crippen LogP) is 3.48. The predicted molar refractivity (Wildman–Crippen MR) is 97.2 cm³/mol. The van der Waals surface area contributed by atoms with Crippen molar-refractivity contribution >= 4 is 23.2 Å². The van der Waals surface area contributed by atoms with E-state index in [0.717, 1.165) is 0 Å². The van der Waals surface area contributed by atoms with Crippen molar-refractivity contribution in [2.45, 2.75) is 6.92 Å². The van der Waals surface area contributed by atoms with E-state index in [1.807, 2.05) is 0 Å². The molecule has 0 spiro atoms. The maximum absolute atomic E-state index is 12.4. The van der Waals surface area contributed by atoms with Gasteiger partial charge in [-0.3, -0.25) is 14.6 Å². The second-order valence-corrected chi connectivity index (χ2v) is 5.39. The van der Waals surface area contributed by atoms with Crippen LogP contribution in [0.5, 0.6) is 11.6 Å². The number of hydrogen-bond donors (Lipinski definition) is 2. The van der Waals surface area contributed by atoms with Crippen LogP contribution in [0.25, 0.3) is 0 Å². The van der Waals surface area contributed by atoms with Crippen LogP contribution in [0, 0.1) is 0 Å². The molecule has 1 heterocycles. The quantitative estimate of drug-likeness (QED) is 0.736. The van der Waals surface area contributed by atoms with Crippen LogP contribution in [0.3, 0.4) is 0 Å². The molecular formula is C19H16N4O3. The van der Waals surface area contributed by atoms with Gasteiger partial charge in [-0.2, -0.15) is 0 Å². The number of aromatic nitrogens is 2. The Morgan fingerprint density at radius 2 is 1.73 bits per heavy atom. The standard InChI is InChI=1S/C19H16N4O3/c1-13(24)22-15-5-2-4-14(10-15)19(25)23-16-6-3-7-17(11-16)26-18-12-20-8-9-21-18/h2-12H,1H3,(H,22,24)(H,23,25). The Balaban J connectivity index is 1.71. The second kappa shape index (κ2) is 7.89. The first-order valence-corrected chi connectivity index (χ1v) is 7.83. The van der Waals surface area contributed by atoms with Crippen LogP contribution in [-0.4, -0.2) is 21.8 Å². The van der Waals surface area contributed by atoms with E-state index in [2.05, 4.69) is 20.6 Å². The van der Waals surface area contributed by atoms with E-state index in [0.29, 0.717) is 28.6 Å². The van der Waals surface area contributed by atoms with Crippen LogP contribution < -0.4 is 15.4 Å². The molecule has 0 unspecified atom stereocenters. The third-order valence-electron chi connectivity index (χ3n) is 3.30. The van der Waals surface area contributed by atoms with E-state index in [4.69, 9.17) is 4.74 Å². The minimum absolute atomic E-state index is 0.198. The average molecular weight is 348 g/mol. The summed E-state index contributed by atoms with van der Waals surface area (Å²) in [4.78, 5) is 31.5. The maximum Gasteiger partial charge on any atom is 0.255 e. The molecule has 0 saturated carbocycles. The molecular weight excluding hydrogens is 332 g/mol. The first-order valence-electron chi connectivity index (χ1n) is 7.83. The monoisotopic (exact) mass is 348 g/mol. The second-order valence-electron chi connectivity index (χ2n) is 5.39. The summed E-state index contributed by atoms with van der Waals surface area (Å²) in [5, 5.41) is 5.45. The lowest BCUT2D eigenvalue weighted by atomic mass is 10.2. The highest BCUT2D eigenvalue weighted by Gasteiger charge is 2.08. The molecule has 26 heavy (non-hydrogen) atoms. The van der Waals surface area contributed by atoms with Gasteiger partial charge in [-0.25, -0.2) is 4.98 Å². The molecule has 0 atom stereocenters. The molecule has 7 heteroatoms. The van der Waals surface area contributed by atoms with Gasteiger partial charge >= 0.3 is 0 Å². The lowest BCUT2D eigenvalue weighted by Crippen LogP contribution is -2.13. The van der Waals surface area contributed by atoms with Gasteiger partial charge < -0.3 is 15.4 Å². The van der Waals surface area contributed by atoms with Gasteiger partial charge in [-0.15, -0.1) is 0 Å². The summed E-state index contributed by atoms with van der Waals surface area (Å²) < 4.78 is 5.60. The SMILES string of the molecule is CC(=O)Nc1cccc(C(=O)Nc2cccc(Oc3cnccn3)c2)c1. The van der Waals surface area contributed by atoms with Gasteiger partial charge in [-0.05, 0) is 30.3 Å². The van der Waals surface area contributed by atoms with Gasteiger partial charge in [0.15, 0.2) is 0 Å². The Labute approximate surface area is 150 Å². The highest BCUT2D eigenvalue weighted by molar-refractivity contribution is 6.05. The number of anilines is 2. The Kier molecular flexibility index (Phi) is 5.19. The van der Waals surface area contributed by atoms with Crippen LogP contribution in [0.15, 0.2) is 67.1 Å². The lowest BCUT2D eigenvalue weighted by molar-refractivity contribution is -0.114. The summed E-state index contributed by atoms with van der Waals surface area (Å²) in [6.07, 6.45) is 4.58. The van der Waals surface area contributed by atoms with E-state index in [1.54, 1.807) is 54.7 Å². The van der Waals surface area contributed by atoms with E-state index < -0.39 is 0 Å². The van der Waals surface area contributed by atoms with Crippen LogP contribution in [0.2, 0.25) is 0 Å². The van der Waals surface area contributed by atoms with Gasteiger partial charge in [0.2, 0.25) is 11.8 Å². The first-order chi connectivity index (χ1) is 12.6. The molecule has 1 aromatic heterocycles. The molecule has 130 valence electrons. The number of nitrogens with one attached hydrogen (secondary N) is 2. The normalized spacial score (nSPS) is 10.0. The van der Waals surface area contributed by atoms with Crippen molar-refractivity contribution in [3.63, 3.8) is 0 Å². The molecule has 0 fully saturated rings. The Hall–Kier alpha value is -3.74. The van der Waals surface area contributed by atoms with Crippen molar-refractivity contribution in [3.05, 3.63) is 72.7 Å². The van der Waals surface area contributed by atoms with Crippen molar-refractivity contribution < 1.29 is 14.3 Å². The van der Waals surface area contributed by atoms with E-state index in [1.165, 1.54) is 19.3 Å². The van der Waals surface area contributed by atoms with Crippen molar-refractivity contribution in [1.29, 1.82) is 0 Å². The smallest absolute Gasteiger partial charge is 0.255 e. The fourth-order valence-electron chi connectivity index (χ4n) is 2.24. The number of carbonyl (C=O) groups is 2. The molecule has 0 aliphatic carbocycles. The van der Waals surface area contributed by atoms with Gasteiger partial charge in [0.05, 0.1) is 6.20 Å². The Morgan fingerprint density at radius 1 is 0.962 bits per heavy atom. The molecule has 2 amide bonds.